The van der Waals surface area contributed by atoms with Crippen molar-refractivity contribution in [2.75, 3.05) is 0 Å². The van der Waals surface area contributed by atoms with Gasteiger partial charge in [0.25, 0.3) is 0 Å². The summed E-state index contributed by atoms with van der Waals surface area (Å²) in [7, 11) is 0. The van der Waals surface area contributed by atoms with Crippen LogP contribution in [0.1, 0.15) is 61.0 Å². The molecular weight excluding hydrogens is 372 g/mol. The van der Waals surface area contributed by atoms with Gasteiger partial charge >= 0.3 is 0 Å². The van der Waals surface area contributed by atoms with E-state index in [0.717, 1.165) is 43.1 Å². The van der Waals surface area contributed by atoms with Crippen molar-refractivity contribution in [1.82, 2.24) is 10.3 Å². The van der Waals surface area contributed by atoms with E-state index >= 15 is 0 Å². The fraction of sp³-hybridized carbons (Fsp3) is 0.269. The molecule has 0 fully saturated rings. The molecule has 4 heteroatoms. The second-order valence-corrected chi connectivity index (χ2v) is 8.17. The number of benzene rings is 3. The van der Waals surface area contributed by atoms with Crippen LogP contribution in [0.5, 0.6) is 0 Å². The molecule has 0 radical (unpaired) electrons. The zero-order chi connectivity index (χ0) is 20.7. The summed E-state index contributed by atoms with van der Waals surface area (Å²) in [4.78, 5) is 11.4. The quantitative estimate of drug-likeness (QED) is 0.346. The van der Waals surface area contributed by atoms with Gasteiger partial charge in [0.05, 0.1) is 0 Å². The van der Waals surface area contributed by atoms with Crippen molar-refractivity contribution in [3.05, 3.63) is 71.3 Å². The molecule has 1 aliphatic carbocycles. The van der Waals surface area contributed by atoms with Gasteiger partial charge in [-0.05, 0) is 63.1 Å². The Kier molecular flexibility index (Phi) is 4.50. The third-order valence-corrected chi connectivity index (χ3v) is 6.51. The summed E-state index contributed by atoms with van der Waals surface area (Å²) in [5.74, 6) is 0. The molecule has 150 valence electrons. The largest absolute Gasteiger partial charge is 0.298 e. The van der Waals surface area contributed by atoms with E-state index in [4.69, 9.17) is 4.63 Å². The van der Waals surface area contributed by atoms with Crippen LogP contribution < -0.4 is 0 Å². The standard InChI is InChI=1S/C26H24N2O2/c1-3-13-26(14-4-2)22-8-6-5-7-20(22)21-12-9-17(15-23(21)26)19-11-10-18(16-29)24-25(19)28-30-27-24/h5-12,15-16H,3-4,13-14H2,1-2H3. The summed E-state index contributed by atoms with van der Waals surface area (Å²) >= 11 is 0. The fourth-order valence-corrected chi connectivity index (χ4v) is 5.35. The smallest absolute Gasteiger partial charge is 0.152 e. The van der Waals surface area contributed by atoms with Crippen molar-refractivity contribution >= 4 is 17.3 Å². The summed E-state index contributed by atoms with van der Waals surface area (Å²) in [5, 5.41) is 8.05. The van der Waals surface area contributed by atoms with Gasteiger partial charge < -0.3 is 0 Å². The van der Waals surface area contributed by atoms with Gasteiger partial charge in [0, 0.05) is 16.5 Å². The molecule has 5 rings (SSSR count). The Morgan fingerprint density at radius 1 is 0.833 bits per heavy atom. The van der Waals surface area contributed by atoms with Crippen LogP contribution in [0.2, 0.25) is 0 Å². The molecule has 0 bridgehead atoms. The Morgan fingerprint density at radius 3 is 2.30 bits per heavy atom. The van der Waals surface area contributed by atoms with E-state index in [1.807, 2.05) is 6.07 Å². The lowest BCUT2D eigenvalue weighted by molar-refractivity contribution is 0.112. The normalized spacial score (nSPS) is 13.9. The van der Waals surface area contributed by atoms with Gasteiger partial charge in [-0.1, -0.05) is 69.2 Å². The van der Waals surface area contributed by atoms with E-state index in [-0.39, 0.29) is 5.41 Å². The summed E-state index contributed by atoms with van der Waals surface area (Å²) in [6.45, 7) is 4.54. The SMILES string of the molecule is CCCC1(CCC)c2ccccc2-c2ccc(-c3ccc(C=O)c4nonc34)cc21. The second kappa shape index (κ2) is 7.21. The molecule has 0 saturated carbocycles. The number of carbonyl (C=O) groups excluding carboxylic acids is 1. The van der Waals surface area contributed by atoms with Gasteiger partial charge in [-0.25, -0.2) is 4.63 Å². The highest BCUT2D eigenvalue weighted by atomic mass is 16.6. The molecule has 0 unspecified atom stereocenters. The lowest BCUT2D eigenvalue weighted by atomic mass is 9.71. The van der Waals surface area contributed by atoms with E-state index in [2.05, 4.69) is 66.6 Å². The molecule has 4 aromatic rings. The summed E-state index contributed by atoms with van der Waals surface area (Å²) in [6.07, 6.45) is 5.30. The monoisotopic (exact) mass is 396 g/mol. The van der Waals surface area contributed by atoms with Gasteiger partial charge in [0.2, 0.25) is 0 Å². The second-order valence-electron chi connectivity index (χ2n) is 8.17. The maximum Gasteiger partial charge on any atom is 0.152 e. The fourth-order valence-electron chi connectivity index (χ4n) is 5.35. The van der Waals surface area contributed by atoms with Crippen LogP contribution in [0.25, 0.3) is 33.3 Å². The van der Waals surface area contributed by atoms with Gasteiger partial charge in [-0.2, -0.15) is 0 Å². The topological polar surface area (TPSA) is 56.0 Å². The van der Waals surface area contributed by atoms with Crippen LogP contribution in [0.4, 0.5) is 0 Å². The molecule has 3 aromatic carbocycles. The van der Waals surface area contributed by atoms with E-state index in [1.54, 1.807) is 6.07 Å². The number of hydrogen-bond donors (Lipinski definition) is 0. The lowest BCUT2D eigenvalue weighted by Crippen LogP contribution is -2.25. The Morgan fingerprint density at radius 2 is 1.53 bits per heavy atom. The average Bonchev–Trinajstić information content (AvgIpc) is 3.37. The maximum atomic E-state index is 11.4. The molecule has 0 aliphatic heterocycles. The number of fused-ring (bicyclic) bond motifs is 4. The van der Waals surface area contributed by atoms with Crippen molar-refractivity contribution < 1.29 is 9.42 Å². The summed E-state index contributed by atoms with van der Waals surface area (Å²) < 4.78 is 4.97. The predicted octanol–water partition coefficient (Wildman–Crippen LogP) is 6.57. The van der Waals surface area contributed by atoms with Crippen LogP contribution in [0.3, 0.4) is 0 Å². The zero-order valence-electron chi connectivity index (χ0n) is 17.3. The Hall–Kier alpha value is -3.27. The first-order valence-electron chi connectivity index (χ1n) is 10.7. The van der Waals surface area contributed by atoms with E-state index < -0.39 is 0 Å². The van der Waals surface area contributed by atoms with E-state index in [0.29, 0.717) is 16.6 Å². The molecule has 1 aliphatic rings. The first-order chi connectivity index (χ1) is 14.7. The molecule has 4 nitrogen and oxygen atoms in total. The molecule has 30 heavy (non-hydrogen) atoms. The van der Waals surface area contributed by atoms with Crippen molar-refractivity contribution in [2.45, 2.75) is 44.9 Å². The van der Waals surface area contributed by atoms with Crippen LogP contribution in [-0.2, 0) is 5.41 Å². The molecule has 1 aromatic heterocycles. The molecule has 0 saturated heterocycles. The van der Waals surface area contributed by atoms with Crippen molar-refractivity contribution in [2.24, 2.45) is 0 Å². The minimum absolute atomic E-state index is 0.0371. The minimum Gasteiger partial charge on any atom is -0.298 e. The summed E-state index contributed by atoms with van der Waals surface area (Å²) in [5.41, 5.74) is 9.23. The molecule has 0 spiro atoms. The Labute approximate surface area is 175 Å². The highest BCUT2D eigenvalue weighted by molar-refractivity contribution is 6.01. The van der Waals surface area contributed by atoms with Crippen LogP contribution in [0, 0.1) is 0 Å². The third-order valence-electron chi connectivity index (χ3n) is 6.51. The molecule has 0 amide bonds. The third kappa shape index (κ3) is 2.56. The van der Waals surface area contributed by atoms with Crippen LogP contribution in [-0.4, -0.2) is 16.6 Å². The van der Waals surface area contributed by atoms with E-state index in [9.17, 15) is 4.79 Å². The average molecular weight is 396 g/mol. The van der Waals surface area contributed by atoms with Crippen molar-refractivity contribution in [3.8, 4) is 22.3 Å². The Balaban J connectivity index is 1.75. The molecule has 1 heterocycles. The van der Waals surface area contributed by atoms with Gasteiger partial charge in [0.15, 0.2) is 6.29 Å². The van der Waals surface area contributed by atoms with Crippen LogP contribution in [0.15, 0.2) is 59.2 Å². The zero-order valence-corrected chi connectivity index (χ0v) is 17.3. The Bertz CT molecular complexity index is 1250. The number of aromatic nitrogens is 2. The summed E-state index contributed by atoms with van der Waals surface area (Å²) in [6, 6.07) is 19.3. The lowest BCUT2D eigenvalue weighted by Gasteiger charge is -2.32. The van der Waals surface area contributed by atoms with E-state index in [1.165, 1.54) is 22.3 Å². The first kappa shape index (κ1) is 18.7. The highest BCUT2D eigenvalue weighted by Crippen LogP contribution is 2.54. The molecular formula is C26H24N2O2. The number of hydrogen-bond acceptors (Lipinski definition) is 4. The number of carbonyl (C=O) groups is 1. The van der Waals surface area contributed by atoms with Crippen molar-refractivity contribution in [1.29, 1.82) is 0 Å². The number of rotatable bonds is 6. The molecule has 0 N–H and O–H groups in total. The van der Waals surface area contributed by atoms with Gasteiger partial charge in [0.1, 0.15) is 11.0 Å². The maximum absolute atomic E-state index is 11.4. The van der Waals surface area contributed by atoms with Gasteiger partial charge in [-0.3, -0.25) is 4.79 Å². The minimum atomic E-state index is 0.0371. The van der Waals surface area contributed by atoms with Crippen LogP contribution >= 0.6 is 0 Å². The van der Waals surface area contributed by atoms with Crippen molar-refractivity contribution in [3.63, 3.8) is 0 Å². The molecule has 0 atom stereocenters. The highest BCUT2D eigenvalue weighted by Gasteiger charge is 2.41. The number of nitrogens with zero attached hydrogens (tertiary/aromatic N) is 2. The number of aldehydes is 1. The first-order valence-corrected chi connectivity index (χ1v) is 10.7. The van der Waals surface area contributed by atoms with Gasteiger partial charge in [-0.15, -0.1) is 0 Å². The predicted molar refractivity (Wildman–Crippen MR) is 119 cm³/mol.